The van der Waals surface area contributed by atoms with Gasteiger partial charge in [-0.25, -0.2) is 18.0 Å². The molecular weight excluding hydrogens is 1340 g/mol. The Morgan fingerprint density at radius 2 is 0.866 bits per heavy atom. The Labute approximate surface area is 569 Å². The van der Waals surface area contributed by atoms with Crippen molar-refractivity contribution in [1.82, 2.24) is 50.6 Å². The van der Waals surface area contributed by atoms with Crippen LogP contribution in [-0.2, 0) is 71.5 Å². The molecule has 12 rings (SSSR count). The van der Waals surface area contributed by atoms with Crippen molar-refractivity contribution in [1.29, 1.82) is 0 Å². The van der Waals surface area contributed by atoms with E-state index in [-0.39, 0.29) is 93.8 Å². The summed E-state index contributed by atoms with van der Waals surface area (Å²) in [5.74, 6) is -5.06. The Kier molecular flexibility index (Phi) is 31.5. The monoisotopic (exact) mass is 1420 g/mol. The number of aromatic amines is 3. The number of amides is 3. The summed E-state index contributed by atoms with van der Waals surface area (Å²) in [5.41, 5.74) is 3.24. The molecule has 538 valence electrons. The smallest absolute Gasteiger partial charge is 0.419 e. The van der Waals surface area contributed by atoms with E-state index in [4.69, 9.17) is 14.3 Å². The highest BCUT2D eigenvalue weighted by atomic mass is 35.5. The molecule has 0 bridgehead atoms. The third-order valence-corrected chi connectivity index (χ3v) is 17.2. The molecule has 16 nitrogen and oxygen atoms in total. The molecule has 3 aromatic carbocycles. The van der Waals surface area contributed by atoms with Gasteiger partial charge in [0.2, 0.25) is 0 Å². The number of likely N-dealkylation sites (tertiary alicyclic amines) is 2. The van der Waals surface area contributed by atoms with Gasteiger partial charge in [0.15, 0.2) is 11.4 Å². The number of aryl methyl sites for hydroxylation is 2. The molecule has 2 aliphatic carbocycles. The van der Waals surface area contributed by atoms with E-state index in [0.717, 1.165) is 110 Å². The Morgan fingerprint density at radius 1 is 0.505 bits per heavy atom. The van der Waals surface area contributed by atoms with E-state index in [9.17, 15) is 67.1 Å². The highest BCUT2D eigenvalue weighted by molar-refractivity contribution is 5.95. The third kappa shape index (κ3) is 21.3. The number of fused-ring (bicyclic) bond motifs is 3. The van der Waals surface area contributed by atoms with E-state index >= 15 is 0 Å². The molecule has 0 saturated carbocycles. The van der Waals surface area contributed by atoms with E-state index in [1.165, 1.54) is 36.4 Å². The number of carbonyl (C=O) groups is 3. The van der Waals surface area contributed by atoms with Crippen LogP contribution in [0.2, 0.25) is 0 Å². The molecule has 30 heteroatoms. The van der Waals surface area contributed by atoms with Gasteiger partial charge in [-0.2, -0.15) is 64.4 Å². The first kappa shape index (κ1) is 83.8. The van der Waals surface area contributed by atoms with Crippen molar-refractivity contribution in [3.05, 3.63) is 157 Å². The number of rotatable bonds is 5. The minimum absolute atomic E-state index is 0. The van der Waals surface area contributed by atoms with E-state index in [1.54, 1.807) is 20.9 Å². The summed E-state index contributed by atoms with van der Waals surface area (Å²) in [6, 6.07) is 10.6. The summed E-state index contributed by atoms with van der Waals surface area (Å²) in [6.45, 7) is 9.58. The van der Waals surface area contributed by atoms with Crippen LogP contribution >= 0.6 is 24.8 Å². The maximum atomic E-state index is 13.9. The maximum absolute atomic E-state index is 13.9. The molecule has 3 saturated heterocycles. The number of halogens is 14. The van der Waals surface area contributed by atoms with Gasteiger partial charge in [0, 0.05) is 72.9 Å². The number of aromatic nitrogens is 6. The number of nitrogens with one attached hydrogen (secondary N) is 4. The van der Waals surface area contributed by atoms with Gasteiger partial charge in [-0.05, 0) is 176 Å². The number of nitrogens with zero attached hydrogens (tertiary/aromatic N) is 6. The van der Waals surface area contributed by atoms with Crippen molar-refractivity contribution in [2.24, 2.45) is 0 Å². The highest BCUT2D eigenvalue weighted by Crippen LogP contribution is 2.43. The van der Waals surface area contributed by atoms with Crippen LogP contribution in [0.3, 0.4) is 0 Å². The Morgan fingerprint density at radius 3 is 1.23 bits per heavy atom. The summed E-state index contributed by atoms with van der Waals surface area (Å²) in [5, 5.41) is 24.3. The first-order valence-corrected chi connectivity index (χ1v) is 30.6. The number of hydrogen-bond donors (Lipinski definition) is 4. The quantitative estimate of drug-likeness (QED) is 0.120. The molecule has 0 radical (unpaired) electrons. The average molecular weight is 1430 g/mol. The lowest BCUT2D eigenvalue weighted by Crippen LogP contribution is -2.39. The van der Waals surface area contributed by atoms with E-state index in [2.05, 4.69) is 35.9 Å². The summed E-state index contributed by atoms with van der Waals surface area (Å²) in [7, 11) is 0. The zero-order valence-electron chi connectivity index (χ0n) is 51.8. The largest absolute Gasteiger partial charge is 0.444 e. The van der Waals surface area contributed by atoms with Gasteiger partial charge in [0.25, 0.3) is 11.8 Å². The Hall–Kier alpha value is -7.42. The number of piperidine rings is 3. The fourth-order valence-electron chi connectivity index (χ4n) is 12.8. The van der Waals surface area contributed by atoms with Crippen molar-refractivity contribution in [3.8, 4) is 0 Å². The minimum atomic E-state index is -4.73. The van der Waals surface area contributed by atoms with Gasteiger partial charge in [0.05, 0.1) is 29.4 Å². The number of hydrogen-bond acceptors (Lipinski definition) is 10. The van der Waals surface area contributed by atoms with Gasteiger partial charge in [-0.1, -0.05) is 58.7 Å². The first-order valence-electron chi connectivity index (χ1n) is 30.6. The number of ether oxygens (including phenoxy) is 1. The Balaban J connectivity index is 0.000000335. The van der Waals surface area contributed by atoms with Crippen molar-refractivity contribution < 1.29 is 81.4 Å². The zero-order chi connectivity index (χ0) is 66.7. The summed E-state index contributed by atoms with van der Waals surface area (Å²) in [6.07, 6.45) is -1.20. The topological polar surface area (TPSA) is 202 Å². The predicted molar refractivity (Wildman–Crippen MR) is 344 cm³/mol. The molecule has 0 unspecified atom stereocenters. The fourth-order valence-corrected chi connectivity index (χ4v) is 12.8. The Bertz CT molecular complexity index is 3400. The molecule has 0 spiro atoms. The van der Waals surface area contributed by atoms with E-state index in [0.29, 0.717) is 102 Å². The average Bonchev–Trinajstić information content (AvgIpc) is 1.78. The van der Waals surface area contributed by atoms with Gasteiger partial charge >= 0.3 is 30.8 Å². The molecule has 3 fully saturated rings. The minimum Gasteiger partial charge on any atom is -0.444 e. The standard InChI is InChI=1S/2C20H21F4N3O.C12H13F4N.C11H17N3O2.CO2.3CH4.2ClH/c2*21-15-6-3-5-13(17(15)20(22,23)24)12-8-10-27(11-9-12)19(28)18-14-4-1-2-7-16(14)25-26-18;13-10-3-1-2-9(11(10)12(14,15)16)8-4-6-17-7-5-8;1-11(2,3)16-10(15)14-5-4-9-8(7-14)6-12-13-9;2-1-3;;;;;/h2*3,5-6,12H,1-2,4,7-11H2,(H,25,26);1-3,8,17H,4-7H2;6H,4-5,7H2,1-3H3,(H,12,13);;3*1H4;2*1H. The van der Waals surface area contributed by atoms with Gasteiger partial charge < -0.3 is 24.8 Å². The van der Waals surface area contributed by atoms with Gasteiger partial charge in [-0.3, -0.25) is 24.9 Å². The second-order valence-electron chi connectivity index (χ2n) is 24.3. The van der Waals surface area contributed by atoms with Crippen molar-refractivity contribution in [2.75, 3.05) is 45.8 Å². The number of carbonyl (C=O) groups excluding carboxylic acids is 5. The summed E-state index contributed by atoms with van der Waals surface area (Å²) < 4.78 is 165. The molecule has 7 heterocycles. The van der Waals surface area contributed by atoms with Crippen LogP contribution in [0.1, 0.15) is 213 Å². The molecule has 3 aromatic heterocycles. The van der Waals surface area contributed by atoms with Gasteiger partial charge in [0.1, 0.15) is 23.1 Å². The number of benzene rings is 3. The maximum Gasteiger partial charge on any atom is 0.419 e. The summed E-state index contributed by atoms with van der Waals surface area (Å²) in [4.78, 5) is 58.8. The van der Waals surface area contributed by atoms with Crippen LogP contribution in [-0.4, -0.2) is 121 Å². The lowest BCUT2D eigenvalue weighted by molar-refractivity contribution is -0.191. The molecule has 6 aliphatic rings. The van der Waals surface area contributed by atoms with Crippen molar-refractivity contribution >= 4 is 48.9 Å². The van der Waals surface area contributed by atoms with Crippen LogP contribution < -0.4 is 5.32 Å². The van der Waals surface area contributed by atoms with Crippen molar-refractivity contribution in [2.45, 2.75) is 188 Å². The molecule has 97 heavy (non-hydrogen) atoms. The lowest BCUT2D eigenvalue weighted by atomic mass is 9.86. The van der Waals surface area contributed by atoms with E-state index < -0.39 is 70.1 Å². The zero-order valence-corrected chi connectivity index (χ0v) is 53.4. The van der Waals surface area contributed by atoms with Crippen LogP contribution in [0.4, 0.5) is 57.5 Å². The number of alkyl halides is 9. The molecule has 4 aliphatic heterocycles. The molecule has 3 amide bonds. The molecule has 4 N–H and O–H groups in total. The molecule has 6 aromatic rings. The highest BCUT2D eigenvalue weighted by Gasteiger charge is 2.42. The fraction of sp³-hybridized carbons (Fsp3) is 0.537. The molecular formula is C67H86Cl2F12N10O6. The second kappa shape index (κ2) is 36.4. The molecule has 0 atom stereocenters. The normalized spacial score (nSPS) is 16.4. The van der Waals surface area contributed by atoms with Gasteiger partial charge in [-0.15, -0.1) is 24.8 Å². The first-order chi connectivity index (χ1) is 43.6. The SMILES string of the molecule is C.C.C.CC(C)(C)OC(=O)N1CCc2[nH]ncc2C1.Cl.Cl.Fc1cccc(C2CCNCC2)c1C(F)(F)F.O=C(c1n[nH]c2c1CCCC2)N1CCC(c2cccc(F)c2C(F)(F)F)CC1.O=C(c1n[nH]c2c1CCCC2)N1CCC(c2cccc(F)c2C(F)(F)F)CC1.O=C=O. The van der Waals surface area contributed by atoms with Crippen LogP contribution in [0, 0.1) is 17.5 Å². The summed E-state index contributed by atoms with van der Waals surface area (Å²) >= 11 is 0. The van der Waals surface area contributed by atoms with E-state index in [1.807, 2.05) is 20.8 Å². The van der Waals surface area contributed by atoms with Crippen LogP contribution in [0.5, 0.6) is 0 Å². The number of H-pyrrole nitrogens is 3. The van der Waals surface area contributed by atoms with Crippen molar-refractivity contribution in [3.63, 3.8) is 0 Å². The van der Waals surface area contributed by atoms with Crippen LogP contribution in [0.15, 0.2) is 60.8 Å². The lowest BCUT2D eigenvalue weighted by Gasteiger charge is -2.33. The third-order valence-electron chi connectivity index (χ3n) is 17.2. The second-order valence-corrected chi connectivity index (χ2v) is 24.3. The predicted octanol–water partition coefficient (Wildman–Crippen LogP) is 16.1. The van der Waals surface area contributed by atoms with Crippen LogP contribution in [0.25, 0.3) is 0 Å².